The van der Waals surface area contributed by atoms with Gasteiger partial charge >= 0.3 is 0 Å². The Kier molecular flexibility index (Phi) is 5.19. The molecule has 5 aromatic rings. The number of halogens is 2. The minimum atomic E-state index is 0.171. The molecule has 2 heterocycles. The Morgan fingerprint density at radius 3 is 2.66 bits per heavy atom. The van der Waals surface area contributed by atoms with Gasteiger partial charge in [0.05, 0.1) is 11.6 Å². The molecule has 0 radical (unpaired) electrons. The molecule has 0 bridgehead atoms. The van der Waals surface area contributed by atoms with Crippen LogP contribution in [0.2, 0.25) is 10.0 Å². The SMILES string of the molecule is [C-]#[N+]c1cc(Cl)cc(Oc2c(Cl)ccc3nn(Cc4nnc(-c5ccccc5)o4)nc23)c1. The molecule has 0 aliphatic heterocycles. The lowest BCUT2D eigenvalue weighted by Crippen LogP contribution is -2.03. The zero-order valence-electron chi connectivity index (χ0n) is 16.2. The summed E-state index contributed by atoms with van der Waals surface area (Å²) in [5.74, 6) is 1.45. The fraction of sp³-hybridized carbons (Fsp3) is 0.0455. The minimum Gasteiger partial charge on any atom is -0.455 e. The molecule has 32 heavy (non-hydrogen) atoms. The number of hydrogen-bond acceptors (Lipinski definition) is 6. The molecule has 156 valence electrons. The van der Waals surface area contributed by atoms with Crippen LogP contribution in [0.3, 0.4) is 0 Å². The summed E-state index contributed by atoms with van der Waals surface area (Å²) >= 11 is 12.5. The number of nitrogens with zero attached hydrogens (tertiary/aromatic N) is 6. The van der Waals surface area contributed by atoms with Crippen molar-refractivity contribution in [3.8, 4) is 23.0 Å². The monoisotopic (exact) mass is 462 g/mol. The van der Waals surface area contributed by atoms with Gasteiger partial charge in [0.1, 0.15) is 17.8 Å². The molecule has 10 heteroatoms. The summed E-state index contributed by atoms with van der Waals surface area (Å²) in [4.78, 5) is 4.82. The molecular formula is C22H12Cl2N6O2. The van der Waals surface area contributed by atoms with Crippen LogP contribution in [0.4, 0.5) is 5.69 Å². The van der Waals surface area contributed by atoms with Crippen LogP contribution >= 0.6 is 23.2 Å². The molecule has 0 aliphatic rings. The average Bonchev–Trinajstić information content (AvgIpc) is 3.43. The van der Waals surface area contributed by atoms with Crippen molar-refractivity contribution in [1.82, 2.24) is 25.2 Å². The fourth-order valence-corrected chi connectivity index (χ4v) is 3.48. The second kappa shape index (κ2) is 8.30. The highest BCUT2D eigenvalue weighted by atomic mass is 35.5. The van der Waals surface area contributed by atoms with Crippen molar-refractivity contribution < 1.29 is 9.15 Å². The van der Waals surface area contributed by atoms with Gasteiger partial charge in [-0.05, 0) is 42.5 Å². The number of ether oxygens (including phenoxy) is 1. The van der Waals surface area contributed by atoms with Gasteiger partial charge in [0.2, 0.25) is 11.8 Å². The third-order valence-corrected chi connectivity index (χ3v) is 4.99. The third kappa shape index (κ3) is 3.99. The van der Waals surface area contributed by atoms with Gasteiger partial charge in [-0.2, -0.15) is 9.90 Å². The predicted molar refractivity (Wildman–Crippen MR) is 119 cm³/mol. The van der Waals surface area contributed by atoms with E-state index >= 15 is 0 Å². The molecule has 0 atom stereocenters. The molecule has 0 unspecified atom stereocenters. The summed E-state index contributed by atoms with van der Waals surface area (Å²) in [6, 6.07) is 17.6. The lowest BCUT2D eigenvalue weighted by atomic mass is 10.2. The molecule has 0 fully saturated rings. The van der Waals surface area contributed by atoms with E-state index < -0.39 is 0 Å². The lowest BCUT2D eigenvalue weighted by Gasteiger charge is -2.08. The van der Waals surface area contributed by atoms with Crippen LogP contribution in [0.15, 0.2) is 65.1 Å². The van der Waals surface area contributed by atoms with Gasteiger partial charge in [-0.25, -0.2) is 4.85 Å². The van der Waals surface area contributed by atoms with Crippen molar-refractivity contribution in [3.63, 3.8) is 0 Å². The third-order valence-electron chi connectivity index (χ3n) is 4.47. The van der Waals surface area contributed by atoms with Crippen molar-refractivity contribution in [1.29, 1.82) is 0 Å². The van der Waals surface area contributed by atoms with Crippen LogP contribution in [0, 0.1) is 6.57 Å². The maximum absolute atomic E-state index is 7.20. The summed E-state index contributed by atoms with van der Waals surface area (Å²) in [6.07, 6.45) is 0. The average molecular weight is 463 g/mol. The van der Waals surface area contributed by atoms with Crippen molar-refractivity contribution >= 4 is 39.9 Å². The molecule has 0 spiro atoms. The molecule has 8 nitrogen and oxygen atoms in total. The quantitative estimate of drug-likeness (QED) is 0.290. The molecule has 3 aromatic carbocycles. The highest BCUT2D eigenvalue weighted by Crippen LogP contribution is 2.37. The van der Waals surface area contributed by atoms with Gasteiger partial charge in [-0.15, -0.1) is 15.3 Å². The number of rotatable bonds is 5. The summed E-state index contributed by atoms with van der Waals surface area (Å²) < 4.78 is 11.7. The zero-order valence-corrected chi connectivity index (χ0v) is 17.7. The van der Waals surface area contributed by atoms with E-state index in [0.29, 0.717) is 50.0 Å². The van der Waals surface area contributed by atoms with E-state index in [0.717, 1.165) is 5.56 Å². The van der Waals surface area contributed by atoms with E-state index in [-0.39, 0.29) is 6.54 Å². The second-order valence-electron chi connectivity index (χ2n) is 6.70. The van der Waals surface area contributed by atoms with Gasteiger partial charge < -0.3 is 9.15 Å². The Balaban J connectivity index is 1.46. The molecule has 0 saturated carbocycles. The van der Waals surface area contributed by atoms with Crippen LogP contribution in [-0.2, 0) is 6.54 Å². The molecule has 2 aromatic heterocycles. The highest BCUT2D eigenvalue weighted by Gasteiger charge is 2.16. The van der Waals surface area contributed by atoms with Gasteiger partial charge in [-0.1, -0.05) is 41.4 Å². The summed E-state index contributed by atoms with van der Waals surface area (Å²) in [6.45, 7) is 7.37. The highest BCUT2D eigenvalue weighted by molar-refractivity contribution is 6.33. The standard InChI is InChI=1S/C22H12Cl2N6O2/c1-25-15-9-14(23)10-16(11-15)31-21-17(24)7-8-18-20(21)29-30(28-18)12-19-26-27-22(32-19)13-5-3-2-4-6-13/h2-11H,12H2. The van der Waals surface area contributed by atoms with Gasteiger partial charge in [-0.3, -0.25) is 0 Å². The predicted octanol–water partition coefficient (Wildman–Crippen LogP) is 6.18. The van der Waals surface area contributed by atoms with E-state index in [1.165, 1.54) is 4.80 Å². The Morgan fingerprint density at radius 2 is 1.84 bits per heavy atom. The van der Waals surface area contributed by atoms with Crippen LogP contribution in [-0.4, -0.2) is 25.2 Å². The summed E-state index contributed by atoms with van der Waals surface area (Å²) in [5, 5.41) is 17.8. The molecule has 0 N–H and O–H groups in total. The maximum atomic E-state index is 7.20. The van der Waals surface area contributed by atoms with Gasteiger partial charge in [0.15, 0.2) is 17.0 Å². The number of hydrogen-bond donors (Lipinski definition) is 0. The Morgan fingerprint density at radius 1 is 1.00 bits per heavy atom. The largest absolute Gasteiger partial charge is 0.455 e. The fourth-order valence-electron chi connectivity index (χ4n) is 3.07. The topological polar surface area (TPSA) is 83.2 Å². The van der Waals surface area contributed by atoms with Crippen molar-refractivity contribution in [2.45, 2.75) is 6.54 Å². The molecule has 0 aliphatic carbocycles. The van der Waals surface area contributed by atoms with Crippen molar-refractivity contribution in [2.75, 3.05) is 0 Å². The molecule has 0 saturated heterocycles. The van der Waals surface area contributed by atoms with Crippen LogP contribution in [0.1, 0.15) is 5.89 Å². The number of fused-ring (bicyclic) bond motifs is 1. The first-order valence-electron chi connectivity index (χ1n) is 9.36. The van der Waals surface area contributed by atoms with E-state index in [1.54, 1.807) is 30.3 Å². The summed E-state index contributed by atoms with van der Waals surface area (Å²) in [5.41, 5.74) is 2.20. The first kappa shape index (κ1) is 20.0. The van der Waals surface area contributed by atoms with Crippen molar-refractivity contribution in [2.24, 2.45) is 0 Å². The van der Waals surface area contributed by atoms with Crippen molar-refractivity contribution in [3.05, 3.63) is 88.0 Å². The number of aromatic nitrogens is 5. The van der Waals surface area contributed by atoms with E-state index in [4.69, 9.17) is 38.9 Å². The Labute approximate surface area is 191 Å². The van der Waals surface area contributed by atoms with E-state index in [1.807, 2.05) is 30.3 Å². The molecule has 5 rings (SSSR count). The number of benzene rings is 3. The zero-order chi connectivity index (χ0) is 22.1. The van der Waals surface area contributed by atoms with Gasteiger partial charge in [0, 0.05) is 10.6 Å². The van der Waals surface area contributed by atoms with E-state index in [9.17, 15) is 0 Å². The second-order valence-corrected chi connectivity index (χ2v) is 7.54. The summed E-state index contributed by atoms with van der Waals surface area (Å²) in [7, 11) is 0. The van der Waals surface area contributed by atoms with Crippen LogP contribution < -0.4 is 4.74 Å². The normalized spacial score (nSPS) is 10.9. The molecule has 0 amide bonds. The Bertz CT molecular complexity index is 1470. The van der Waals surface area contributed by atoms with E-state index in [2.05, 4.69) is 25.2 Å². The minimum absolute atomic E-state index is 0.171. The first-order valence-corrected chi connectivity index (χ1v) is 10.1. The van der Waals surface area contributed by atoms with Crippen LogP contribution in [0.5, 0.6) is 11.5 Å². The smallest absolute Gasteiger partial charge is 0.247 e. The van der Waals surface area contributed by atoms with Crippen LogP contribution in [0.25, 0.3) is 27.3 Å². The first-order chi connectivity index (χ1) is 15.6. The Hall–Kier alpha value is -3.93. The van der Waals surface area contributed by atoms with Gasteiger partial charge in [0.25, 0.3) is 0 Å². The maximum Gasteiger partial charge on any atom is 0.247 e. The molecular weight excluding hydrogens is 451 g/mol. The lowest BCUT2D eigenvalue weighted by molar-refractivity contribution is 0.452.